The molecule has 3 amide bonds. The van der Waals surface area contributed by atoms with Crippen LogP contribution in [0.4, 0.5) is 0 Å². The van der Waals surface area contributed by atoms with Crippen LogP contribution in [0.5, 0.6) is 0 Å². The molecule has 782 valence electrons. The Morgan fingerprint density at radius 3 is 0.830 bits per heavy atom. The summed E-state index contributed by atoms with van der Waals surface area (Å²) in [5, 5.41) is 53.3. The van der Waals surface area contributed by atoms with Crippen molar-refractivity contribution in [1.82, 2.24) is 52.3 Å². The van der Waals surface area contributed by atoms with Crippen molar-refractivity contribution in [3.8, 4) is 0 Å². The molecule has 0 saturated carbocycles. The Bertz CT molecular complexity index is 4880. The van der Waals surface area contributed by atoms with E-state index in [9.17, 15) is 38.4 Å². The number of aliphatic hydroxyl groups is 2. The van der Waals surface area contributed by atoms with E-state index in [1.54, 1.807) is 88.9 Å². The zero-order valence-electron chi connectivity index (χ0n) is 90.4. The molecule has 0 spiro atoms. The predicted molar refractivity (Wildman–Crippen MR) is 569 cm³/mol. The van der Waals surface area contributed by atoms with Crippen molar-refractivity contribution >= 4 is 47.4 Å². The number of amides is 3. The number of aromatic carboxylic acids is 1. The number of carboxylic acids is 1. The zero-order valence-corrected chi connectivity index (χ0v) is 90.4. The summed E-state index contributed by atoms with van der Waals surface area (Å²) >= 11 is 0. The van der Waals surface area contributed by atoms with E-state index in [0.29, 0.717) is 91.4 Å². The molecule has 0 saturated heterocycles. The summed E-state index contributed by atoms with van der Waals surface area (Å²) in [5.41, 5.74) is 19.2. The van der Waals surface area contributed by atoms with Crippen molar-refractivity contribution in [2.75, 3.05) is 102 Å². The number of carboxylic acid groups (broad SMARTS) is 1. The average molecular weight is 1960 g/mol. The lowest BCUT2D eigenvalue weighted by Gasteiger charge is -2.21. The van der Waals surface area contributed by atoms with Crippen LogP contribution in [0, 0.1) is 0 Å². The number of hydrogen-bond donors (Lipinski definition) is 12. The molecule has 13 N–H and O–H groups in total. The molecule has 0 radical (unpaired) electrons. The Kier molecular flexibility index (Phi) is 59.5. The van der Waals surface area contributed by atoms with E-state index in [-0.39, 0.29) is 106 Å². The number of Topliss-reactive ketones (excluding diaryl/α,β-unsaturated/α-hetero) is 1. The second-order valence-electron chi connectivity index (χ2n) is 42.3. The number of esters is 3. The number of rotatable bonds is 38. The fourth-order valence-corrected chi connectivity index (χ4v) is 11.5. The van der Waals surface area contributed by atoms with Gasteiger partial charge in [-0.2, -0.15) is 0 Å². The Balaban J connectivity index is 0.000000807. The third-order valence-electron chi connectivity index (χ3n) is 19.7. The van der Waals surface area contributed by atoms with Crippen LogP contribution in [-0.2, 0) is 80.8 Å². The lowest BCUT2D eigenvalue weighted by molar-refractivity contribution is 0.0386. The molecule has 0 bridgehead atoms. The highest BCUT2D eigenvalue weighted by molar-refractivity contribution is 5.97. The van der Waals surface area contributed by atoms with Gasteiger partial charge in [-0.05, 0) is 302 Å². The number of nitrogens with two attached hydrogens (primary N) is 1. The van der Waals surface area contributed by atoms with Gasteiger partial charge in [0.25, 0.3) is 11.8 Å². The average Bonchev–Trinajstić information content (AvgIpc) is 0.936. The van der Waals surface area contributed by atoms with Crippen molar-refractivity contribution in [2.24, 2.45) is 5.73 Å². The second kappa shape index (κ2) is 65.4. The highest BCUT2D eigenvalue weighted by atomic mass is 16.6. The van der Waals surface area contributed by atoms with E-state index >= 15 is 0 Å². The van der Waals surface area contributed by atoms with E-state index in [0.717, 1.165) is 84.6 Å². The smallest absolute Gasteiger partial charge is 0.338 e. The summed E-state index contributed by atoms with van der Waals surface area (Å²) in [5.74, 6) is -2.12. The largest absolute Gasteiger partial charge is 0.478 e. The number of aliphatic hydroxyl groups excluding tert-OH is 2. The van der Waals surface area contributed by atoms with E-state index in [1.807, 2.05) is 146 Å². The molecule has 8 aromatic carbocycles. The maximum absolute atomic E-state index is 12.1. The molecule has 8 aromatic rings. The van der Waals surface area contributed by atoms with Crippen molar-refractivity contribution in [1.29, 1.82) is 0 Å². The first-order chi connectivity index (χ1) is 65.6. The molecule has 8 rings (SSSR count). The summed E-state index contributed by atoms with van der Waals surface area (Å²) in [7, 11) is 9.73. The number of nitrogens with zero attached hydrogens (tertiary/aromatic N) is 2. The quantitative estimate of drug-likeness (QED) is 0.00740. The van der Waals surface area contributed by atoms with Crippen LogP contribution in [-0.4, -0.2) is 219 Å². The van der Waals surface area contributed by atoms with E-state index < -0.39 is 11.9 Å². The third-order valence-corrected chi connectivity index (χ3v) is 19.7. The Hall–Kier alpha value is -10.8. The minimum Gasteiger partial charge on any atom is -0.478 e. The van der Waals surface area contributed by atoms with Crippen LogP contribution in [0.25, 0.3) is 0 Å². The van der Waals surface area contributed by atoms with Crippen molar-refractivity contribution in [3.63, 3.8) is 0 Å². The maximum Gasteiger partial charge on any atom is 0.338 e. The molecule has 0 aliphatic heterocycles. The van der Waals surface area contributed by atoms with Gasteiger partial charge < -0.3 is 102 Å². The minimum atomic E-state index is -0.882. The van der Waals surface area contributed by atoms with Gasteiger partial charge in [0, 0.05) is 180 Å². The van der Waals surface area contributed by atoms with Gasteiger partial charge in [0.1, 0.15) is 13.2 Å². The van der Waals surface area contributed by atoms with Gasteiger partial charge in [0.2, 0.25) is 5.91 Å². The first kappa shape index (κ1) is 128. The summed E-state index contributed by atoms with van der Waals surface area (Å²) in [6.07, 6.45) is 1.33. The summed E-state index contributed by atoms with van der Waals surface area (Å²) in [4.78, 5) is 95.6. The molecule has 28 heteroatoms. The predicted octanol–water partition coefficient (Wildman–Crippen LogP) is 17.5. The molecule has 0 aliphatic carbocycles. The second-order valence-corrected chi connectivity index (χ2v) is 42.3. The van der Waals surface area contributed by atoms with Gasteiger partial charge >= 0.3 is 23.9 Å². The van der Waals surface area contributed by atoms with E-state index in [4.69, 9.17) is 44.7 Å². The lowest BCUT2D eigenvalue weighted by atomic mass is 10.0. The number of nitrogens with one attached hydrogen (secondary N) is 8. The topological polar surface area (TPSA) is 381 Å². The summed E-state index contributed by atoms with van der Waals surface area (Å²) in [6.45, 7) is 59.3. The summed E-state index contributed by atoms with van der Waals surface area (Å²) in [6, 6.07) is 59.8. The normalized spacial score (nSPS) is 11.4. The van der Waals surface area contributed by atoms with Crippen molar-refractivity contribution in [3.05, 3.63) is 283 Å². The monoisotopic (exact) mass is 1960 g/mol. The molecule has 0 heterocycles. The van der Waals surface area contributed by atoms with Gasteiger partial charge in [-0.15, -0.1) is 0 Å². The molecular formula is C113H173N11O17. The molecule has 0 fully saturated rings. The van der Waals surface area contributed by atoms with Gasteiger partial charge in [0.05, 0.1) is 55.8 Å². The first-order valence-corrected chi connectivity index (χ1v) is 48.0. The highest BCUT2D eigenvalue weighted by Crippen LogP contribution is 2.19. The maximum atomic E-state index is 12.1. The Morgan fingerprint density at radius 2 is 0.553 bits per heavy atom. The van der Waals surface area contributed by atoms with Crippen LogP contribution < -0.4 is 48.3 Å². The number of hydrogen-bond acceptors (Lipinski definition) is 24. The Morgan fingerprint density at radius 1 is 0.291 bits per heavy atom. The summed E-state index contributed by atoms with van der Waals surface area (Å²) < 4.78 is 29.4. The molecular weight excluding hydrogens is 1780 g/mol. The molecule has 0 atom stereocenters. The van der Waals surface area contributed by atoms with Gasteiger partial charge in [-0.3, -0.25) is 19.2 Å². The minimum absolute atomic E-state index is 0.0180. The highest BCUT2D eigenvalue weighted by Gasteiger charge is 2.20. The van der Waals surface area contributed by atoms with Crippen molar-refractivity contribution in [2.45, 2.75) is 276 Å². The van der Waals surface area contributed by atoms with Gasteiger partial charge in [0.15, 0.2) is 5.78 Å². The number of carbonyl (C=O) groups excluding carboxylic acids is 7. The van der Waals surface area contributed by atoms with Crippen LogP contribution in [0.1, 0.15) is 306 Å². The number of methoxy groups -OCH3 is 4. The van der Waals surface area contributed by atoms with Gasteiger partial charge in [-0.25, -0.2) is 19.2 Å². The van der Waals surface area contributed by atoms with Crippen molar-refractivity contribution < 1.29 is 82.1 Å². The van der Waals surface area contributed by atoms with E-state index in [1.165, 1.54) is 23.1 Å². The molecule has 0 unspecified atom stereocenters. The fourth-order valence-electron chi connectivity index (χ4n) is 11.5. The van der Waals surface area contributed by atoms with Crippen LogP contribution in [0.2, 0.25) is 0 Å². The molecule has 0 aliphatic rings. The third kappa shape index (κ3) is 64.4. The number of ether oxygens (including phenoxy) is 6. The van der Waals surface area contributed by atoms with E-state index in [2.05, 4.69) is 213 Å². The number of carbonyl (C=O) groups is 8. The van der Waals surface area contributed by atoms with Crippen LogP contribution >= 0.6 is 0 Å². The van der Waals surface area contributed by atoms with Crippen LogP contribution in [0.15, 0.2) is 194 Å². The Labute approximate surface area is 843 Å². The number of ketones is 1. The zero-order chi connectivity index (χ0) is 107. The SMILES string of the molecule is CC(C)(C)NCc1cccc(C(=O)O)c1.CC(C)(C)NCc1cccc(C(=O)OCCO)c1.CC(C)(C)NCc1cccc(C(N)=O)c1.CN(CCO)C(=O)c1ccc(CNC(C)(C)C)cc1.COC(=O)c1cccc(CNC(C)(C)C)c1.COCCCC(=O)c1ccc(CNC(C)(C)C)cc1.COCCN(C)C(=O)c1ccc(CNC(C)(C)C)cc1.COCCOC(=O)c1cccc(CNC(C)(C)C)c1. The first-order valence-electron chi connectivity index (χ1n) is 48.0. The standard InChI is InChI=1S/C16H26N2O2.C16H25NO2.C15H24N2O2.C15H23NO3.C14H21NO3.C13H19NO2.C12H18N2O.C12H17NO2/c1-16(2,3)17-12-13-6-8-14(9-7-13)15(19)18(4)10-11-20-5;1-16(2,3)17-12-13-7-9-14(10-8-13)15(18)6-5-11-19-4;1-15(2,3)16-11-12-5-7-13(8-6-12)14(19)17(4)9-10-18;1-15(2,3)16-11-12-6-5-7-13(10-12)14(17)19-9-8-18-4;1-14(2,3)15-10-11-5-4-6-12(9-11)13(17)18-8-7-16;1-13(2,3)14-9-10-6-5-7-11(8-10)12(15)16-4;1-12(2,3)14-8-9-5-4-6-10(7-9)11(13)15;1-12(2,3)13-8-9-5-4-6-10(7-9)11(14)15/h6-9,17H,10-12H2,1-5H3;7-10,17H,5-6,11-12H2,1-4H3;5-8,16,18H,9-11H2,1-4H3;5-7,10,16H,8-9,11H2,1-4H3;4-6,9,15-16H,7-8,10H2,1-3H3;5-8,14H,9H2,1-4H3;4-7,14H,8H2,1-3H3,(H2,13,15);4-7,13H,8H2,1-3H3,(H,14,15). The lowest BCUT2D eigenvalue weighted by Crippen LogP contribution is -2.35. The fraction of sp³-hybridized carbons (Fsp3) is 0.504. The molecule has 0 aromatic heterocycles. The number of primary amides is 1. The molecule has 141 heavy (non-hydrogen) atoms. The number of likely N-dealkylation sites (N-methyl/N-ethyl adjacent to an activating group) is 2. The molecule has 28 nitrogen and oxygen atoms in total. The number of benzene rings is 8. The van der Waals surface area contributed by atoms with Gasteiger partial charge in [-0.1, -0.05) is 109 Å². The van der Waals surface area contributed by atoms with Crippen LogP contribution in [0.3, 0.4) is 0 Å².